The molecule has 1 N–H and O–H groups in total. The van der Waals surface area contributed by atoms with Gasteiger partial charge in [-0.25, -0.2) is 8.78 Å². The second-order valence-electron chi connectivity index (χ2n) is 6.89. The molecule has 152 valence electrons. The summed E-state index contributed by atoms with van der Waals surface area (Å²) in [6.07, 6.45) is 0.922. The number of halogens is 4. The van der Waals surface area contributed by atoms with Crippen LogP contribution in [0.5, 0.6) is 0 Å². The maximum absolute atomic E-state index is 13.0. The summed E-state index contributed by atoms with van der Waals surface area (Å²) in [5.41, 5.74) is 1.27. The second kappa shape index (κ2) is 8.23. The zero-order valence-electron chi connectivity index (χ0n) is 15.2. The summed E-state index contributed by atoms with van der Waals surface area (Å²) >= 11 is 9.56. The fourth-order valence-corrected chi connectivity index (χ4v) is 3.67. The van der Waals surface area contributed by atoms with Crippen molar-refractivity contribution in [2.45, 2.75) is 38.3 Å². The van der Waals surface area contributed by atoms with Gasteiger partial charge in [-0.2, -0.15) is 10.2 Å². The first-order valence-corrected chi connectivity index (χ1v) is 10.2. The molecule has 6 nitrogen and oxygen atoms in total. The van der Waals surface area contributed by atoms with Crippen molar-refractivity contribution in [2.75, 3.05) is 5.32 Å². The Morgan fingerprint density at radius 1 is 1.31 bits per heavy atom. The van der Waals surface area contributed by atoms with Gasteiger partial charge in [0.15, 0.2) is 5.82 Å². The minimum Gasteiger partial charge on any atom is -0.307 e. The summed E-state index contributed by atoms with van der Waals surface area (Å²) in [4.78, 5) is 12.5. The molecule has 2 heterocycles. The lowest BCUT2D eigenvalue weighted by Crippen LogP contribution is -2.21. The van der Waals surface area contributed by atoms with Crippen molar-refractivity contribution in [3.8, 4) is 0 Å². The predicted octanol–water partition coefficient (Wildman–Crippen LogP) is 5.00. The van der Waals surface area contributed by atoms with Gasteiger partial charge in [-0.15, -0.1) is 0 Å². The lowest BCUT2D eigenvalue weighted by Gasteiger charge is -2.07. The number of carbonyl (C=O) groups is 1. The Kier molecular flexibility index (Phi) is 5.69. The summed E-state index contributed by atoms with van der Waals surface area (Å²) in [7, 11) is 0. The molecule has 0 radical (unpaired) electrons. The molecule has 1 aliphatic rings. The number of alkyl halides is 2. The van der Waals surface area contributed by atoms with Crippen LogP contribution in [0.1, 0.15) is 42.1 Å². The molecule has 1 amide bonds. The molecule has 29 heavy (non-hydrogen) atoms. The van der Waals surface area contributed by atoms with Crippen molar-refractivity contribution >= 4 is 39.3 Å². The van der Waals surface area contributed by atoms with Crippen molar-refractivity contribution in [1.29, 1.82) is 0 Å². The van der Waals surface area contributed by atoms with Gasteiger partial charge in [0.1, 0.15) is 12.2 Å². The van der Waals surface area contributed by atoms with Gasteiger partial charge in [-0.1, -0.05) is 29.8 Å². The van der Waals surface area contributed by atoms with Crippen LogP contribution in [0.2, 0.25) is 5.02 Å². The maximum Gasteiger partial charge on any atom is 0.282 e. The van der Waals surface area contributed by atoms with E-state index in [1.807, 2.05) is 18.2 Å². The van der Waals surface area contributed by atoms with Crippen molar-refractivity contribution in [2.24, 2.45) is 0 Å². The Morgan fingerprint density at radius 2 is 2.07 bits per heavy atom. The van der Waals surface area contributed by atoms with E-state index < -0.39 is 6.43 Å². The van der Waals surface area contributed by atoms with E-state index in [0.717, 1.165) is 18.4 Å². The van der Waals surface area contributed by atoms with Gasteiger partial charge in [0.25, 0.3) is 6.43 Å². The zero-order chi connectivity index (χ0) is 20.5. The van der Waals surface area contributed by atoms with Gasteiger partial charge >= 0.3 is 0 Å². The molecule has 1 aliphatic carbocycles. The maximum atomic E-state index is 13.0. The molecule has 0 bridgehead atoms. The van der Waals surface area contributed by atoms with Crippen LogP contribution in [0.3, 0.4) is 0 Å². The number of benzene rings is 1. The number of anilines is 1. The highest BCUT2D eigenvalue weighted by molar-refractivity contribution is 9.10. The molecule has 0 spiro atoms. The fraction of sp³-hybridized carbons (Fsp3) is 0.316. The Morgan fingerprint density at radius 3 is 2.76 bits per heavy atom. The van der Waals surface area contributed by atoms with Crippen molar-refractivity contribution in [1.82, 2.24) is 19.6 Å². The largest absolute Gasteiger partial charge is 0.307 e. The zero-order valence-corrected chi connectivity index (χ0v) is 17.5. The van der Waals surface area contributed by atoms with Crippen LogP contribution in [0.25, 0.3) is 0 Å². The Balaban J connectivity index is 1.45. The first-order chi connectivity index (χ1) is 13.9. The Bertz CT molecular complexity index is 1050. The minimum atomic E-state index is -2.66. The standard InChI is InChI=1S/C19H17BrClF2N5O/c20-13-9-27(8-12-3-1-2-4-14(12)21)26-19(13)24-17(29)10-28-16(11-5-6-11)7-15(25-28)18(22)23/h1-4,7,9,11,18H,5-6,8,10H2,(H,24,26,29). The number of hydrogen-bond acceptors (Lipinski definition) is 3. The molecule has 1 fully saturated rings. The van der Waals surface area contributed by atoms with Gasteiger partial charge in [-0.05, 0) is 46.5 Å². The molecule has 10 heteroatoms. The monoisotopic (exact) mass is 483 g/mol. The highest BCUT2D eigenvalue weighted by atomic mass is 79.9. The quantitative estimate of drug-likeness (QED) is 0.513. The highest BCUT2D eigenvalue weighted by Crippen LogP contribution is 2.41. The van der Waals surface area contributed by atoms with Crippen LogP contribution >= 0.6 is 27.5 Å². The molecule has 4 rings (SSSR count). The molecule has 0 atom stereocenters. The average molecular weight is 485 g/mol. The molecule has 0 aliphatic heterocycles. The third-order valence-electron chi connectivity index (χ3n) is 4.61. The predicted molar refractivity (Wildman–Crippen MR) is 108 cm³/mol. The number of nitrogens with one attached hydrogen (secondary N) is 1. The van der Waals surface area contributed by atoms with E-state index in [0.29, 0.717) is 27.6 Å². The van der Waals surface area contributed by atoms with Crippen molar-refractivity contribution in [3.05, 3.63) is 63.0 Å². The first-order valence-electron chi connectivity index (χ1n) is 9.02. The topological polar surface area (TPSA) is 64.7 Å². The van der Waals surface area contributed by atoms with Crippen LogP contribution in [0.4, 0.5) is 14.6 Å². The lowest BCUT2D eigenvalue weighted by molar-refractivity contribution is -0.117. The summed E-state index contributed by atoms with van der Waals surface area (Å²) in [6.45, 7) is 0.291. The molecule has 1 aromatic carbocycles. The van der Waals surface area contributed by atoms with E-state index in [-0.39, 0.29) is 24.1 Å². The fourth-order valence-electron chi connectivity index (χ4n) is 3.06. The van der Waals surface area contributed by atoms with E-state index in [1.165, 1.54) is 10.7 Å². The number of hydrogen-bond donors (Lipinski definition) is 1. The third-order valence-corrected chi connectivity index (χ3v) is 5.56. The second-order valence-corrected chi connectivity index (χ2v) is 8.15. The number of nitrogens with zero attached hydrogens (tertiary/aromatic N) is 4. The summed E-state index contributed by atoms with van der Waals surface area (Å²) in [5.74, 6) is 0.153. The molecule has 1 saturated carbocycles. The van der Waals surface area contributed by atoms with Gasteiger partial charge in [0, 0.05) is 22.8 Å². The normalized spacial score (nSPS) is 13.8. The SMILES string of the molecule is O=C(Cn1nc(C(F)F)cc1C1CC1)Nc1nn(Cc2ccccc2Cl)cc1Br. The van der Waals surface area contributed by atoms with Gasteiger partial charge in [-0.3, -0.25) is 14.2 Å². The lowest BCUT2D eigenvalue weighted by atomic mass is 10.2. The van der Waals surface area contributed by atoms with E-state index >= 15 is 0 Å². The summed E-state index contributed by atoms with van der Waals surface area (Å²) in [6, 6.07) is 8.82. The van der Waals surface area contributed by atoms with Gasteiger partial charge in [0.05, 0.1) is 11.0 Å². The third kappa shape index (κ3) is 4.67. The van der Waals surface area contributed by atoms with E-state index in [4.69, 9.17) is 11.6 Å². The minimum absolute atomic E-state index is 0.150. The smallest absolute Gasteiger partial charge is 0.282 e. The molecule has 0 saturated heterocycles. The summed E-state index contributed by atoms with van der Waals surface area (Å²) < 4.78 is 29.6. The van der Waals surface area contributed by atoms with Crippen molar-refractivity contribution < 1.29 is 13.6 Å². The van der Waals surface area contributed by atoms with Crippen molar-refractivity contribution in [3.63, 3.8) is 0 Å². The first kappa shape index (κ1) is 20.0. The molecule has 2 aromatic heterocycles. The highest BCUT2D eigenvalue weighted by Gasteiger charge is 2.30. The average Bonchev–Trinajstić information content (AvgIpc) is 3.34. The Labute approximate surface area is 179 Å². The van der Waals surface area contributed by atoms with Crippen LogP contribution in [-0.2, 0) is 17.9 Å². The van der Waals surface area contributed by atoms with E-state index in [2.05, 4.69) is 31.4 Å². The number of carbonyl (C=O) groups excluding carboxylic acids is 1. The number of rotatable bonds is 7. The van der Waals surface area contributed by atoms with Crippen LogP contribution in [0.15, 0.2) is 41.0 Å². The van der Waals surface area contributed by atoms with E-state index in [1.54, 1.807) is 16.9 Å². The van der Waals surface area contributed by atoms with Crippen LogP contribution in [-0.4, -0.2) is 25.5 Å². The number of amides is 1. The molecule has 0 unspecified atom stereocenters. The summed E-state index contributed by atoms with van der Waals surface area (Å²) in [5, 5.41) is 11.6. The molecular weight excluding hydrogens is 468 g/mol. The Hall–Kier alpha value is -2.26. The van der Waals surface area contributed by atoms with Crippen LogP contribution < -0.4 is 5.32 Å². The molecule has 3 aromatic rings. The van der Waals surface area contributed by atoms with Crippen LogP contribution in [0, 0.1) is 0 Å². The van der Waals surface area contributed by atoms with Gasteiger partial charge in [0.2, 0.25) is 5.91 Å². The van der Waals surface area contributed by atoms with E-state index in [9.17, 15) is 13.6 Å². The number of aromatic nitrogens is 4. The van der Waals surface area contributed by atoms with Gasteiger partial charge < -0.3 is 5.32 Å². The molecular formula is C19H17BrClF2N5O.